The fraction of sp³-hybridized carbons (Fsp3) is 0.818. The molecule has 100 valence electrons. The number of carboxylic acids is 1. The molecule has 0 spiro atoms. The smallest absolute Gasteiger partial charge is 0.320 e. The maximum Gasteiger partial charge on any atom is 0.320 e. The van der Waals surface area contributed by atoms with Crippen LogP contribution in [0, 0.1) is 0 Å². The van der Waals surface area contributed by atoms with Gasteiger partial charge in [-0.3, -0.25) is 4.79 Å². The summed E-state index contributed by atoms with van der Waals surface area (Å²) in [5, 5.41) is 11.7. The van der Waals surface area contributed by atoms with Crippen molar-refractivity contribution in [3.63, 3.8) is 0 Å². The normalized spacial score (nSPS) is 12.0. The first-order valence-electron chi connectivity index (χ1n) is 5.82. The van der Waals surface area contributed by atoms with Crippen molar-refractivity contribution in [2.24, 2.45) is 0 Å². The molecule has 6 heteroatoms. The molecule has 0 fully saturated rings. The molecule has 0 saturated heterocycles. The van der Waals surface area contributed by atoms with Crippen molar-refractivity contribution in [1.29, 1.82) is 0 Å². The number of aliphatic carboxylic acids is 1. The zero-order valence-electron chi connectivity index (χ0n) is 11.1. The molecule has 0 heterocycles. The molecule has 0 aromatic rings. The summed E-state index contributed by atoms with van der Waals surface area (Å²) < 4.78 is 0. The van der Waals surface area contributed by atoms with E-state index >= 15 is 0 Å². The quantitative estimate of drug-likeness (QED) is 0.683. The molecule has 0 aliphatic carbocycles. The standard InChI is InChI=1S/C11H23N3O3/c1-5-14(9(2)8-10(15)16)11(17)13(4)7-6-12-3/h9,12H,5-8H2,1-4H3,(H,15,16). The van der Waals surface area contributed by atoms with Crippen LogP contribution in [0.15, 0.2) is 0 Å². The minimum atomic E-state index is -0.887. The average Bonchev–Trinajstić information content (AvgIpc) is 2.25. The van der Waals surface area contributed by atoms with Crippen LogP contribution in [-0.4, -0.2) is 66.7 Å². The highest BCUT2D eigenvalue weighted by Gasteiger charge is 2.23. The van der Waals surface area contributed by atoms with Crippen LogP contribution in [0.25, 0.3) is 0 Å². The molecule has 0 aliphatic rings. The number of likely N-dealkylation sites (N-methyl/N-ethyl adjacent to an activating group) is 2. The molecule has 2 amide bonds. The van der Waals surface area contributed by atoms with Gasteiger partial charge in [0.1, 0.15) is 0 Å². The van der Waals surface area contributed by atoms with Gasteiger partial charge >= 0.3 is 12.0 Å². The number of nitrogens with one attached hydrogen (secondary N) is 1. The summed E-state index contributed by atoms with van der Waals surface area (Å²) in [7, 11) is 3.54. The monoisotopic (exact) mass is 245 g/mol. The van der Waals surface area contributed by atoms with Gasteiger partial charge in [-0.05, 0) is 20.9 Å². The third-order valence-corrected chi connectivity index (χ3v) is 2.61. The van der Waals surface area contributed by atoms with Crippen LogP contribution < -0.4 is 5.32 Å². The Bertz CT molecular complexity index is 258. The first-order valence-corrected chi connectivity index (χ1v) is 5.82. The van der Waals surface area contributed by atoms with Gasteiger partial charge in [-0.25, -0.2) is 4.79 Å². The number of hydrogen-bond acceptors (Lipinski definition) is 3. The predicted octanol–water partition coefficient (Wildman–Crippen LogP) is 0.443. The molecule has 6 nitrogen and oxygen atoms in total. The van der Waals surface area contributed by atoms with Crippen molar-refractivity contribution < 1.29 is 14.7 Å². The number of carboxylic acid groups (broad SMARTS) is 1. The van der Waals surface area contributed by atoms with Crippen molar-refractivity contribution in [3.05, 3.63) is 0 Å². The fourth-order valence-corrected chi connectivity index (χ4v) is 1.59. The average molecular weight is 245 g/mol. The molecule has 2 N–H and O–H groups in total. The molecule has 1 atom stereocenters. The molecule has 0 aromatic carbocycles. The molecule has 0 bridgehead atoms. The molecule has 0 aliphatic heterocycles. The number of rotatable bonds is 7. The van der Waals surface area contributed by atoms with Crippen LogP contribution in [0.5, 0.6) is 0 Å². The van der Waals surface area contributed by atoms with E-state index in [4.69, 9.17) is 5.11 Å². The summed E-state index contributed by atoms with van der Waals surface area (Å²) in [5.41, 5.74) is 0. The lowest BCUT2D eigenvalue weighted by atomic mass is 10.2. The van der Waals surface area contributed by atoms with Crippen molar-refractivity contribution >= 4 is 12.0 Å². The van der Waals surface area contributed by atoms with Gasteiger partial charge in [0.05, 0.1) is 6.42 Å². The van der Waals surface area contributed by atoms with Crippen LogP contribution in [0.1, 0.15) is 20.3 Å². The summed E-state index contributed by atoms with van der Waals surface area (Å²) in [6.45, 7) is 5.43. The molecular weight excluding hydrogens is 222 g/mol. The van der Waals surface area contributed by atoms with E-state index in [1.165, 1.54) is 0 Å². The second-order valence-corrected chi connectivity index (χ2v) is 4.04. The maximum atomic E-state index is 12.0. The van der Waals surface area contributed by atoms with E-state index in [1.807, 2.05) is 14.0 Å². The van der Waals surface area contributed by atoms with Gasteiger partial charge in [-0.1, -0.05) is 0 Å². The van der Waals surface area contributed by atoms with Crippen molar-refractivity contribution in [2.75, 3.05) is 33.7 Å². The largest absolute Gasteiger partial charge is 0.481 e. The van der Waals surface area contributed by atoms with Gasteiger partial charge in [-0.15, -0.1) is 0 Å². The molecular formula is C11H23N3O3. The van der Waals surface area contributed by atoms with Gasteiger partial charge in [-0.2, -0.15) is 0 Å². The first-order chi connectivity index (χ1) is 7.93. The van der Waals surface area contributed by atoms with Gasteiger partial charge in [0.2, 0.25) is 0 Å². The van der Waals surface area contributed by atoms with Gasteiger partial charge in [0.15, 0.2) is 0 Å². The Morgan fingerprint density at radius 2 is 2.00 bits per heavy atom. The second-order valence-electron chi connectivity index (χ2n) is 4.04. The highest BCUT2D eigenvalue weighted by Crippen LogP contribution is 2.07. The van der Waals surface area contributed by atoms with Crippen molar-refractivity contribution in [1.82, 2.24) is 15.1 Å². The Labute approximate surface area is 103 Å². The molecule has 0 radical (unpaired) electrons. The topological polar surface area (TPSA) is 72.9 Å². The highest BCUT2D eigenvalue weighted by molar-refractivity contribution is 5.75. The Kier molecular flexibility index (Phi) is 7.29. The lowest BCUT2D eigenvalue weighted by Gasteiger charge is -2.31. The SMILES string of the molecule is CCN(C(=O)N(C)CCNC)C(C)CC(=O)O. The van der Waals surface area contributed by atoms with E-state index < -0.39 is 5.97 Å². The number of hydrogen-bond donors (Lipinski definition) is 2. The minimum Gasteiger partial charge on any atom is -0.481 e. The Morgan fingerprint density at radius 1 is 1.41 bits per heavy atom. The van der Waals surface area contributed by atoms with Crippen LogP contribution >= 0.6 is 0 Å². The van der Waals surface area contributed by atoms with E-state index in [-0.39, 0.29) is 18.5 Å². The van der Waals surface area contributed by atoms with Crippen LogP contribution in [-0.2, 0) is 4.79 Å². The third kappa shape index (κ3) is 5.53. The van der Waals surface area contributed by atoms with Crippen LogP contribution in [0.4, 0.5) is 4.79 Å². The zero-order chi connectivity index (χ0) is 13.4. The van der Waals surface area contributed by atoms with Gasteiger partial charge in [0, 0.05) is 32.7 Å². The zero-order valence-corrected chi connectivity index (χ0v) is 11.1. The maximum absolute atomic E-state index is 12.0. The van der Waals surface area contributed by atoms with Crippen LogP contribution in [0.3, 0.4) is 0 Å². The third-order valence-electron chi connectivity index (χ3n) is 2.61. The lowest BCUT2D eigenvalue weighted by molar-refractivity contribution is -0.138. The Hall–Kier alpha value is -1.30. The summed E-state index contributed by atoms with van der Waals surface area (Å²) in [4.78, 5) is 25.8. The summed E-state index contributed by atoms with van der Waals surface area (Å²) in [6.07, 6.45) is -0.0283. The van der Waals surface area contributed by atoms with Gasteiger partial charge in [0.25, 0.3) is 0 Å². The van der Waals surface area contributed by atoms with E-state index in [0.29, 0.717) is 19.6 Å². The summed E-state index contributed by atoms with van der Waals surface area (Å²) in [5.74, 6) is -0.887. The minimum absolute atomic E-state index is 0.0283. The van der Waals surface area contributed by atoms with Crippen molar-refractivity contribution in [3.8, 4) is 0 Å². The summed E-state index contributed by atoms with van der Waals surface area (Å²) >= 11 is 0. The lowest BCUT2D eigenvalue weighted by Crippen LogP contribution is -2.47. The fourth-order valence-electron chi connectivity index (χ4n) is 1.59. The number of urea groups is 1. The Morgan fingerprint density at radius 3 is 2.41 bits per heavy atom. The van der Waals surface area contributed by atoms with E-state index in [2.05, 4.69) is 5.32 Å². The van der Waals surface area contributed by atoms with E-state index in [9.17, 15) is 9.59 Å². The number of carbonyl (C=O) groups excluding carboxylic acids is 1. The molecule has 17 heavy (non-hydrogen) atoms. The molecule has 1 unspecified atom stereocenters. The van der Waals surface area contributed by atoms with Crippen LogP contribution in [0.2, 0.25) is 0 Å². The molecule has 0 saturated carbocycles. The predicted molar refractivity (Wildman–Crippen MR) is 66.0 cm³/mol. The Balaban J connectivity index is 4.42. The number of nitrogens with zero attached hydrogens (tertiary/aromatic N) is 2. The first kappa shape index (κ1) is 15.7. The van der Waals surface area contributed by atoms with Crippen molar-refractivity contribution in [2.45, 2.75) is 26.3 Å². The second kappa shape index (κ2) is 7.89. The molecule has 0 rings (SSSR count). The van der Waals surface area contributed by atoms with E-state index in [0.717, 1.165) is 0 Å². The number of carbonyl (C=O) groups is 2. The summed E-state index contributed by atoms with van der Waals surface area (Å²) in [6, 6.07) is -0.418. The highest BCUT2D eigenvalue weighted by atomic mass is 16.4. The molecule has 0 aromatic heterocycles. The number of amides is 2. The van der Waals surface area contributed by atoms with E-state index in [1.54, 1.807) is 23.8 Å². The van der Waals surface area contributed by atoms with Gasteiger partial charge < -0.3 is 20.2 Å².